The van der Waals surface area contributed by atoms with Gasteiger partial charge >= 0.3 is 5.97 Å². The molecule has 2 aromatic rings. The van der Waals surface area contributed by atoms with Crippen molar-refractivity contribution in [1.82, 2.24) is 5.32 Å². The monoisotopic (exact) mass is 396 g/mol. The van der Waals surface area contributed by atoms with E-state index in [0.29, 0.717) is 13.0 Å². The molecule has 1 heterocycles. The van der Waals surface area contributed by atoms with Gasteiger partial charge in [0.15, 0.2) is 5.75 Å². The fourth-order valence-corrected chi connectivity index (χ4v) is 3.79. The van der Waals surface area contributed by atoms with E-state index >= 15 is 0 Å². The van der Waals surface area contributed by atoms with Gasteiger partial charge in [-0.2, -0.15) is 0 Å². The maximum absolute atomic E-state index is 11.4. The van der Waals surface area contributed by atoms with Gasteiger partial charge in [-0.25, -0.2) is 5.06 Å². The highest BCUT2D eigenvalue weighted by molar-refractivity contribution is 5.69. The lowest BCUT2D eigenvalue weighted by Crippen LogP contribution is -2.24. The molecule has 0 aromatic heterocycles. The predicted octanol–water partition coefficient (Wildman–Crippen LogP) is 4.93. The molecule has 156 valence electrons. The van der Waals surface area contributed by atoms with Gasteiger partial charge in [-0.05, 0) is 50.9 Å². The SMILES string of the molecule is CCOC(=O)CCCCCCNC1c2ccc(C)cc2ON(C)c2ccccc21. The molecule has 1 unspecified atom stereocenters. The average Bonchev–Trinajstić information content (AvgIpc) is 2.82. The standard InChI is InChI=1S/C24H32N2O3/c1-4-28-23(27)13-7-5-6-10-16-25-24-19-11-8-9-12-21(19)26(3)29-22-17-18(2)14-15-20(22)24/h8-9,11-12,14-15,17,24-25H,4-7,10,13,16H2,1-3H3. The summed E-state index contributed by atoms with van der Waals surface area (Å²) in [6.07, 6.45) is 4.63. The summed E-state index contributed by atoms with van der Waals surface area (Å²) in [6.45, 7) is 5.30. The summed E-state index contributed by atoms with van der Waals surface area (Å²) < 4.78 is 4.98. The number of nitrogens with zero attached hydrogens (tertiary/aromatic N) is 1. The summed E-state index contributed by atoms with van der Waals surface area (Å²) in [5, 5.41) is 5.59. The van der Waals surface area contributed by atoms with Crippen molar-refractivity contribution in [2.24, 2.45) is 0 Å². The first-order valence-electron chi connectivity index (χ1n) is 10.6. The van der Waals surface area contributed by atoms with Crippen LogP contribution in [0, 0.1) is 6.92 Å². The van der Waals surface area contributed by atoms with Crippen LogP contribution in [-0.2, 0) is 9.53 Å². The van der Waals surface area contributed by atoms with E-state index in [1.54, 1.807) is 0 Å². The fourth-order valence-electron chi connectivity index (χ4n) is 3.79. The normalized spacial score (nSPS) is 15.1. The van der Waals surface area contributed by atoms with Crippen LogP contribution in [-0.4, -0.2) is 26.2 Å². The summed E-state index contributed by atoms with van der Waals surface area (Å²) >= 11 is 0. The van der Waals surface area contributed by atoms with Crippen molar-refractivity contribution in [2.75, 3.05) is 25.3 Å². The molecule has 1 aliphatic heterocycles. The number of esters is 1. The van der Waals surface area contributed by atoms with Crippen molar-refractivity contribution in [2.45, 2.75) is 52.0 Å². The Kier molecular flexibility index (Phi) is 7.53. The van der Waals surface area contributed by atoms with Crippen molar-refractivity contribution >= 4 is 11.7 Å². The Morgan fingerprint density at radius 1 is 1.10 bits per heavy atom. The summed E-state index contributed by atoms with van der Waals surface area (Å²) in [7, 11) is 1.96. The molecule has 5 heteroatoms. The van der Waals surface area contributed by atoms with E-state index in [1.807, 2.05) is 25.1 Å². The second-order valence-electron chi connectivity index (χ2n) is 7.55. The molecular weight excluding hydrogens is 364 g/mol. The molecule has 0 radical (unpaired) electrons. The number of nitrogens with one attached hydrogen (secondary N) is 1. The number of carbonyl (C=O) groups excluding carboxylic acids is 1. The van der Waals surface area contributed by atoms with E-state index in [0.717, 1.165) is 49.2 Å². The van der Waals surface area contributed by atoms with Gasteiger partial charge in [0.25, 0.3) is 0 Å². The third-order valence-electron chi connectivity index (χ3n) is 5.26. The van der Waals surface area contributed by atoms with Gasteiger partial charge in [0, 0.05) is 24.6 Å². The molecule has 2 aromatic carbocycles. The minimum absolute atomic E-state index is 0.0864. The summed E-state index contributed by atoms with van der Waals surface area (Å²) in [5.74, 6) is 0.812. The van der Waals surface area contributed by atoms with Crippen LogP contribution in [0.4, 0.5) is 5.69 Å². The highest BCUT2D eigenvalue weighted by Gasteiger charge is 2.26. The van der Waals surface area contributed by atoms with Gasteiger partial charge in [-0.1, -0.05) is 43.2 Å². The molecule has 0 fully saturated rings. The summed E-state index contributed by atoms with van der Waals surface area (Å²) in [4.78, 5) is 17.6. The highest BCUT2D eigenvalue weighted by Crippen LogP contribution is 2.39. The van der Waals surface area contributed by atoms with Gasteiger partial charge in [0.2, 0.25) is 0 Å². The number of rotatable bonds is 9. The first-order chi connectivity index (χ1) is 14.1. The second-order valence-corrected chi connectivity index (χ2v) is 7.55. The average molecular weight is 397 g/mol. The number of ether oxygens (including phenoxy) is 1. The number of benzene rings is 2. The van der Waals surface area contributed by atoms with Crippen molar-refractivity contribution in [3.8, 4) is 5.75 Å². The smallest absolute Gasteiger partial charge is 0.305 e. The number of hydrogen-bond donors (Lipinski definition) is 1. The Hall–Kier alpha value is -2.53. The lowest BCUT2D eigenvalue weighted by molar-refractivity contribution is -0.143. The van der Waals surface area contributed by atoms with E-state index in [4.69, 9.17) is 9.57 Å². The summed E-state index contributed by atoms with van der Waals surface area (Å²) in [5.41, 5.74) is 4.64. The van der Waals surface area contributed by atoms with Gasteiger partial charge in [0.1, 0.15) is 0 Å². The van der Waals surface area contributed by atoms with Crippen LogP contribution in [0.2, 0.25) is 0 Å². The van der Waals surface area contributed by atoms with E-state index < -0.39 is 0 Å². The number of hydrogen-bond acceptors (Lipinski definition) is 5. The lowest BCUT2D eigenvalue weighted by atomic mass is 9.95. The highest BCUT2D eigenvalue weighted by atomic mass is 16.7. The molecule has 0 saturated carbocycles. The number of hydroxylamine groups is 1. The number of aryl methyl sites for hydroxylation is 1. The molecule has 29 heavy (non-hydrogen) atoms. The van der Waals surface area contributed by atoms with Crippen LogP contribution in [0.1, 0.15) is 61.8 Å². The van der Waals surface area contributed by atoms with E-state index in [-0.39, 0.29) is 12.0 Å². The Morgan fingerprint density at radius 3 is 2.72 bits per heavy atom. The topological polar surface area (TPSA) is 50.8 Å². The molecule has 0 bridgehead atoms. The van der Waals surface area contributed by atoms with E-state index in [1.165, 1.54) is 11.1 Å². The molecule has 1 N–H and O–H groups in total. The second kappa shape index (κ2) is 10.3. The van der Waals surface area contributed by atoms with Crippen molar-refractivity contribution in [3.05, 3.63) is 59.2 Å². The third kappa shape index (κ3) is 5.51. The number of para-hydroxylation sites is 1. The summed E-state index contributed by atoms with van der Waals surface area (Å²) in [6, 6.07) is 14.9. The Bertz CT molecular complexity index is 822. The number of carbonyl (C=O) groups is 1. The van der Waals surface area contributed by atoms with Crippen LogP contribution in [0.3, 0.4) is 0 Å². The molecule has 0 amide bonds. The zero-order chi connectivity index (χ0) is 20.6. The van der Waals surface area contributed by atoms with Crippen molar-refractivity contribution in [1.29, 1.82) is 0 Å². The Morgan fingerprint density at radius 2 is 1.90 bits per heavy atom. The zero-order valence-corrected chi connectivity index (χ0v) is 17.7. The third-order valence-corrected chi connectivity index (χ3v) is 5.26. The minimum Gasteiger partial charge on any atom is -0.466 e. The van der Waals surface area contributed by atoms with Crippen molar-refractivity contribution in [3.63, 3.8) is 0 Å². The van der Waals surface area contributed by atoms with Crippen LogP contribution in [0.5, 0.6) is 5.75 Å². The largest absolute Gasteiger partial charge is 0.466 e. The lowest BCUT2D eigenvalue weighted by Gasteiger charge is -2.21. The number of unbranched alkanes of at least 4 members (excludes halogenated alkanes) is 3. The van der Waals surface area contributed by atoms with Gasteiger partial charge in [0.05, 0.1) is 18.3 Å². The molecule has 0 spiro atoms. The molecule has 1 atom stereocenters. The minimum atomic E-state index is -0.0864. The van der Waals surface area contributed by atoms with E-state index in [2.05, 4.69) is 48.6 Å². The molecule has 3 rings (SSSR count). The molecule has 0 saturated heterocycles. The predicted molar refractivity (Wildman–Crippen MR) is 116 cm³/mol. The van der Waals surface area contributed by atoms with Crippen LogP contribution in [0.15, 0.2) is 42.5 Å². The molecule has 0 aliphatic carbocycles. The molecule has 1 aliphatic rings. The van der Waals surface area contributed by atoms with Gasteiger partial charge in [-0.3, -0.25) is 4.79 Å². The maximum atomic E-state index is 11.4. The fraction of sp³-hybridized carbons (Fsp3) is 0.458. The van der Waals surface area contributed by atoms with Crippen molar-refractivity contribution < 1.29 is 14.4 Å². The number of anilines is 1. The first-order valence-corrected chi connectivity index (χ1v) is 10.6. The molecular formula is C24H32N2O3. The van der Waals surface area contributed by atoms with Crippen LogP contribution >= 0.6 is 0 Å². The Balaban J connectivity index is 1.61. The Labute approximate surface area is 174 Å². The maximum Gasteiger partial charge on any atom is 0.305 e. The van der Waals surface area contributed by atoms with E-state index in [9.17, 15) is 4.79 Å². The van der Waals surface area contributed by atoms with Crippen LogP contribution in [0.25, 0.3) is 0 Å². The zero-order valence-electron chi connectivity index (χ0n) is 17.7. The quantitative estimate of drug-likeness (QED) is 0.481. The van der Waals surface area contributed by atoms with Crippen LogP contribution < -0.4 is 15.2 Å². The van der Waals surface area contributed by atoms with Gasteiger partial charge in [-0.15, -0.1) is 0 Å². The molecule has 5 nitrogen and oxygen atoms in total. The van der Waals surface area contributed by atoms with Gasteiger partial charge < -0.3 is 14.9 Å². The first kappa shape index (κ1) is 21.2. The number of fused-ring (bicyclic) bond motifs is 2.